The molecular weight excluding hydrogens is 556 g/mol. The topological polar surface area (TPSA) is 55.2 Å². The fourth-order valence-electron chi connectivity index (χ4n) is 5.66. The minimum Gasteiger partial charge on any atom is -0.658 e. The molecule has 8 bridgehead atoms. The molecule has 197 valence electrons. The Morgan fingerprint density at radius 3 is 1.05 bits per heavy atom. The summed E-state index contributed by atoms with van der Waals surface area (Å²) in [6, 6.07) is 43.5. The van der Waals surface area contributed by atoms with Gasteiger partial charge >= 0.3 is 17.1 Å². The van der Waals surface area contributed by atoms with Gasteiger partial charge in [0.15, 0.2) is 0 Å². The van der Waals surface area contributed by atoms with Gasteiger partial charge < -0.3 is 15.0 Å². The molecule has 0 aliphatic carbocycles. The van der Waals surface area contributed by atoms with Gasteiger partial charge in [-0.1, -0.05) is 127 Å². The molecule has 5 heterocycles. The average Bonchev–Trinajstić information content (AvgIpc) is 3.84. The molecule has 1 aliphatic heterocycles. The summed E-state index contributed by atoms with van der Waals surface area (Å²) in [5.74, 6) is 0. The van der Waals surface area contributed by atoms with Crippen molar-refractivity contribution < 1.29 is 17.1 Å². The number of hydrogen-bond acceptors (Lipinski definition) is 1. The summed E-state index contributed by atoms with van der Waals surface area (Å²) < 4.78 is 0. The van der Waals surface area contributed by atoms with Crippen molar-refractivity contribution in [2.75, 3.05) is 0 Å². The Morgan fingerprint density at radius 2 is 0.643 bits per heavy atom. The van der Waals surface area contributed by atoms with Gasteiger partial charge in [0.05, 0.1) is 11.4 Å². The van der Waals surface area contributed by atoms with Crippen LogP contribution in [0.25, 0.3) is 78.6 Å². The van der Waals surface area contributed by atoms with E-state index in [1.54, 1.807) is 0 Å². The summed E-state index contributed by atoms with van der Waals surface area (Å²) in [5.41, 5.74) is 13.1. The van der Waals surface area contributed by atoms with Crippen LogP contribution in [0, 0.1) is 0 Å². The largest absolute Gasteiger partial charge is 5.00 e. The standard InChI is InChI=1S/C37H23N4.Fe/c1-4-10-24(11-5-1)35-29-18-16-27(38-29)28-17-19-30(39-28)36(25-12-6-2-7-13-25)32-21-23-34(41-32)37(26-14-8-3-9-15-26)33-22-20-31(35)40-33;/h1-23H;/q-3;+5. The summed E-state index contributed by atoms with van der Waals surface area (Å²) >= 11 is 0. The fourth-order valence-corrected chi connectivity index (χ4v) is 5.66. The zero-order valence-corrected chi connectivity index (χ0v) is 23.5. The van der Waals surface area contributed by atoms with Crippen molar-refractivity contribution in [3.05, 3.63) is 139 Å². The minimum atomic E-state index is 0. The van der Waals surface area contributed by atoms with E-state index in [1.165, 1.54) is 0 Å². The van der Waals surface area contributed by atoms with Crippen LogP contribution in [-0.4, -0.2) is 4.98 Å². The third kappa shape index (κ3) is 4.46. The van der Waals surface area contributed by atoms with Gasteiger partial charge in [0.2, 0.25) is 0 Å². The third-order valence-corrected chi connectivity index (χ3v) is 7.55. The molecule has 3 aromatic carbocycles. The molecule has 1 aliphatic rings. The van der Waals surface area contributed by atoms with E-state index in [-0.39, 0.29) is 17.1 Å². The Bertz CT molecular complexity index is 2190. The number of rotatable bonds is 3. The zero-order valence-electron chi connectivity index (χ0n) is 22.4. The molecule has 7 aromatic rings. The van der Waals surface area contributed by atoms with Crippen molar-refractivity contribution >= 4 is 45.3 Å². The van der Waals surface area contributed by atoms with E-state index in [2.05, 4.69) is 109 Å². The summed E-state index contributed by atoms with van der Waals surface area (Å²) in [5, 5.41) is 0. The van der Waals surface area contributed by atoms with Gasteiger partial charge in [-0.25, -0.2) is 4.98 Å². The molecule has 4 aromatic heterocycles. The molecule has 42 heavy (non-hydrogen) atoms. The predicted molar refractivity (Wildman–Crippen MR) is 168 cm³/mol. The molecule has 0 saturated heterocycles. The number of aromatic nitrogens is 4. The monoisotopic (exact) mass is 579 g/mol. The fraction of sp³-hybridized carbons (Fsp3) is 0. The van der Waals surface area contributed by atoms with E-state index in [1.807, 2.05) is 30.3 Å². The normalized spacial score (nSPS) is 11.5. The van der Waals surface area contributed by atoms with Crippen molar-refractivity contribution in [3.8, 4) is 33.4 Å². The van der Waals surface area contributed by atoms with Crippen LogP contribution in [0.4, 0.5) is 0 Å². The van der Waals surface area contributed by atoms with Gasteiger partial charge in [0.1, 0.15) is 0 Å². The molecule has 0 N–H and O–H groups in total. The number of nitrogens with zero attached hydrogens (tertiary/aromatic N) is 4. The van der Waals surface area contributed by atoms with E-state index in [0.29, 0.717) is 0 Å². The Morgan fingerprint density at radius 1 is 0.333 bits per heavy atom. The van der Waals surface area contributed by atoms with Gasteiger partial charge in [-0.05, 0) is 45.5 Å². The van der Waals surface area contributed by atoms with Gasteiger partial charge in [-0.3, -0.25) is 0 Å². The first-order valence-corrected chi connectivity index (χ1v) is 13.7. The van der Waals surface area contributed by atoms with E-state index in [9.17, 15) is 0 Å². The molecule has 0 spiro atoms. The average molecular weight is 579 g/mol. The minimum absolute atomic E-state index is 0. The summed E-state index contributed by atoms with van der Waals surface area (Å²) in [7, 11) is 0. The number of benzene rings is 3. The first-order valence-electron chi connectivity index (χ1n) is 13.7. The Labute approximate surface area is 253 Å². The maximum atomic E-state index is 5.22. The first kappa shape index (κ1) is 25.8. The van der Waals surface area contributed by atoms with E-state index < -0.39 is 0 Å². The Kier molecular flexibility index (Phi) is 6.59. The van der Waals surface area contributed by atoms with Crippen LogP contribution in [0.3, 0.4) is 0 Å². The van der Waals surface area contributed by atoms with Crippen molar-refractivity contribution in [3.63, 3.8) is 0 Å². The predicted octanol–water partition coefficient (Wildman–Crippen LogP) is 8.58. The van der Waals surface area contributed by atoms with Gasteiger partial charge in [-0.15, -0.1) is 22.1 Å². The van der Waals surface area contributed by atoms with E-state index >= 15 is 0 Å². The molecule has 0 atom stereocenters. The quantitative estimate of drug-likeness (QED) is 0.197. The van der Waals surface area contributed by atoms with Crippen molar-refractivity contribution in [1.29, 1.82) is 0 Å². The number of hydrogen-bond donors (Lipinski definition) is 0. The number of fused-ring (bicyclic) bond motifs is 9. The van der Waals surface area contributed by atoms with E-state index in [4.69, 9.17) is 19.9 Å². The smallest absolute Gasteiger partial charge is 0.658 e. The van der Waals surface area contributed by atoms with Crippen LogP contribution < -0.4 is 15.0 Å². The maximum Gasteiger partial charge on any atom is 5.00 e. The molecule has 0 fully saturated rings. The summed E-state index contributed by atoms with van der Waals surface area (Å²) in [6.45, 7) is 0. The van der Waals surface area contributed by atoms with Gasteiger partial charge in [0, 0.05) is 0 Å². The SMILES string of the molecule is C1=Cc2nc1c(-c1ccccc1)c1ccc([n-]1)c(-c1ccccc1)c1ccc([n-]1)c1ccc([n-]1)c2-c1ccccc1.[Fe+5]. The Balaban J connectivity index is 0.00000288. The maximum absolute atomic E-state index is 5.22. The van der Waals surface area contributed by atoms with Crippen LogP contribution >= 0.6 is 0 Å². The molecule has 4 nitrogen and oxygen atoms in total. The van der Waals surface area contributed by atoms with Crippen LogP contribution in [0.15, 0.2) is 127 Å². The van der Waals surface area contributed by atoms with E-state index in [0.717, 1.165) is 77.9 Å². The zero-order chi connectivity index (χ0) is 27.2. The van der Waals surface area contributed by atoms with Crippen molar-refractivity contribution in [2.45, 2.75) is 0 Å². The molecular formula is C37H23FeN4+2. The second-order valence-corrected chi connectivity index (χ2v) is 10.1. The Hall–Kier alpha value is -5.09. The second kappa shape index (κ2) is 10.7. The van der Waals surface area contributed by atoms with Crippen LogP contribution in [0.2, 0.25) is 0 Å². The van der Waals surface area contributed by atoms with Crippen LogP contribution in [0.5, 0.6) is 0 Å². The first-order chi connectivity index (χ1) is 20.3. The molecule has 5 heteroatoms. The van der Waals surface area contributed by atoms with Crippen LogP contribution in [0.1, 0.15) is 11.4 Å². The summed E-state index contributed by atoms with van der Waals surface area (Å²) in [6.07, 6.45) is 4.18. The molecule has 0 unspecified atom stereocenters. The van der Waals surface area contributed by atoms with Gasteiger partial charge in [-0.2, -0.15) is 11.0 Å². The molecule has 8 rings (SSSR count). The summed E-state index contributed by atoms with van der Waals surface area (Å²) in [4.78, 5) is 20.6. The molecule has 0 saturated carbocycles. The molecule has 1 radical (unpaired) electrons. The van der Waals surface area contributed by atoms with Gasteiger partial charge in [0.25, 0.3) is 0 Å². The van der Waals surface area contributed by atoms with Crippen molar-refractivity contribution in [2.24, 2.45) is 0 Å². The molecule has 0 amide bonds. The van der Waals surface area contributed by atoms with Crippen molar-refractivity contribution in [1.82, 2.24) is 19.9 Å². The third-order valence-electron chi connectivity index (χ3n) is 7.55. The van der Waals surface area contributed by atoms with Crippen LogP contribution in [-0.2, 0) is 17.1 Å². The second-order valence-electron chi connectivity index (χ2n) is 10.1.